The monoisotopic (exact) mass is 515 g/mol. The highest BCUT2D eigenvalue weighted by Gasteiger charge is 2.43. The van der Waals surface area contributed by atoms with Gasteiger partial charge in [-0.05, 0) is 32.9 Å². The van der Waals surface area contributed by atoms with Crippen molar-refractivity contribution in [3.8, 4) is 5.75 Å². The molecule has 0 saturated carbocycles. The molecule has 0 bridgehead atoms. The van der Waals surface area contributed by atoms with Crippen molar-refractivity contribution in [1.29, 1.82) is 0 Å². The zero-order valence-corrected chi connectivity index (χ0v) is 20.2. The summed E-state index contributed by atoms with van der Waals surface area (Å²) >= 11 is 0. The van der Waals surface area contributed by atoms with Crippen molar-refractivity contribution in [1.82, 2.24) is 14.6 Å². The lowest BCUT2D eigenvalue weighted by molar-refractivity contribution is -0.149. The summed E-state index contributed by atoms with van der Waals surface area (Å²) in [5.74, 6) is -1.71. The summed E-state index contributed by atoms with van der Waals surface area (Å²) in [7, 11) is -4.25. The molecule has 3 rings (SSSR count). The van der Waals surface area contributed by atoms with Gasteiger partial charge in [-0.15, -0.1) is 0 Å². The maximum absolute atomic E-state index is 13.7. The summed E-state index contributed by atoms with van der Waals surface area (Å²) in [6.45, 7) is 4.11. The van der Waals surface area contributed by atoms with Crippen molar-refractivity contribution >= 4 is 13.7 Å². The van der Waals surface area contributed by atoms with Gasteiger partial charge in [-0.1, -0.05) is 18.2 Å². The van der Waals surface area contributed by atoms with Crippen molar-refractivity contribution < 1.29 is 37.4 Å². The average Bonchev–Trinajstić information content (AvgIpc) is 3.15. The van der Waals surface area contributed by atoms with Gasteiger partial charge in [-0.25, -0.2) is 9.36 Å². The molecule has 1 saturated heterocycles. The average molecular weight is 515 g/mol. The summed E-state index contributed by atoms with van der Waals surface area (Å²) in [5, 5.41) is 13.0. The molecule has 0 aliphatic carbocycles. The second-order valence-corrected chi connectivity index (χ2v) is 9.89. The first-order chi connectivity index (χ1) is 16.4. The molecule has 1 aromatic carbocycles. The molecule has 12 nitrogen and oxygen atoms in total. The predicted octanol–water partition coefficient (Wildman–Crippen LogP) is 1.46. The number of nitrogens with one attached hydrogen (secondary N) is 2. The molecule has 2 heterocycles. The zero-order chi connectivity index (χ0) is 25.8. The Morgan fingerprint density at radius 2 is 2.03 bits per heavy atom. The molecule has 0 spiro atoms. The van der Waals surface area contributed by atoms with E-state index >= 15 is 0 Å². The van der Waals surface area contributed by atoms with Crippen molar-refractivity contribution in [2.24, 2.45) is 0 Å². The minimum Gasteiger partial charge on any atom is -0.465 e. The third-order valence-corrected chi connectivity index (χ3v) is 6.79. The fourth-order valence-electron chi connectivity index (χ4n) is 3.28. The van der Waals surface area contributed by atoms with Gasteiger partial charge in [0.1, 0.15) is 23.6 Å². The molecule has 1 unspecified atom stereocenters. The highest BCUT2D eigenvalue weighted by atomic mass is 31.2. The molecule has 0 radical (unpaired) electrons. The van der Waals surface area contributed by atoms with Crippen molar-refractivity contribution in [3.05, 3.63) is 63.2 Å². The largest absolute Gasteiger partial charge is 0.465 e. The Morgan fingerprint density at radius 1 is 1.34 bits per heavy atom. The van der Waals surface area contributed by atoms with Crippen molar-refractivity contribution in [2.75, 3.05) is 13.2 Å². The molecule has 35 heavy (non-hydrogen) atoms. The number of carbonyl (C=O) groups excluding carboxylic acids is 1. The number of nitrogens with zero attached hydrogens (tertiary/aromatic N) is 1. The number of halogens is 1. The number of benzene rings is 1. The zero-order valence-electron chi connectivity index (χ0n) is 19.3. The van der Waals surface area contributed by atoms with Crippen LogP contribution in [-0.4, -0.2) is 51.6 Å². The lowest BCUT2D eigenvalue weighted by atomic mass is 10.1. The van der Waals surface area contributed by atoms with Crippen molar-refractivity contribution in [3.63, 3.8) is 0 Å². The van der Waals surface area contributed by atoms with Crippen LogP contribution in [0.3, 0.4) is 0 Å². The number of para-hydroxylation sites is 1. The minimum atomic E-state index is -4.25. The number of hydrogen-bond donors (Lipinski definition) is 3. The molecular weight excluding hydrogens is 488 g/mol. The standard InChI is InChI=1S/C21H27FN3O9P/c1-4-31-19(28)21(2,3)24-35(30,34-13-8-6-5-7-9-13)32-12-16-15(26)10-17(33-16)25-11-14(22)18(27)23-20(25)29/h5-9,11,15-17,26H,4,10,12H2,1-3H3,(H,24,30)(H,23,27,29)/t15-,16+,17+,35?/m0/s1. The number of hydrogen-bond acceptors (Lipinski definition) is 9. The van der Waals surface area contributed by atoms with E-state index in [4.69, 9.17) is 18.5 Å². The molecule has 2 aromatic rings. The van der Waals surface area contributed by atoms with Gasteiger partial charge < -0.3 is 19.1 Å². The van der Waals surface area contributed by atoms with Crippen LogP contribution < -0.4 is 20.9 Å². The number of H-pyrrole nitrogens is 1. The molecule has 14 heteroatoms. The molecular formula is C21H27FN3O9P. The molecule has 1 aliphatic heterocycles. The number of carbonyl (C=O) groups is 1. The topological polar surface area (TPSA) is 158 Å². The van der Waals surface area contributed by atoms with E-state index in [2.05, 4.69) is 5.09 Å². The van der Waals surface area contributed by atoms with Crippen LogP contribution in [-0.2, 0) is 23.4 Å². The molecule has 1 fully saturated rings. The number of esters is 1. The minimum absolute atomic E-state index is 0.100. The van der Waals surface area contributed by atoms with Gasteiger partial charge in [-0.2, -0.15) is 9.48 Å². The van der Waals surface area contributed by atoms with Gasteiger partial charge in [0.05, 0.1) is 25.5 Å². The first-order valence-corrected chi connectivity index (χ1v) is 12.3. The van der Waals surface area contributed by atoms with Crippen LogP contribution in [0.4, 0.5) is 4.39 Å². The van der Waals surface area contributed by atoms with Gasteiger partial charge in [0.25, 0.3) is 5.56 Å². The van der Waals surface area contributed by atoms with Gasteiger partial charge >= 0.3 is 19.4 Å². The Labute approximate surface area is 199 Å². The molecule has 1 aromatic heterocycles. The molecule has 192 valence electrons. The highest BCUT2D eigenvalue weighted by Crippen LogP contribution is 2.47. The second kappa shape index (κ2) is 10.8. The normalized spacial score (nSPS) is 21.9. The fraction of sp³-hybridized carbons (Fsp3) is 0.476. The van der Waals surface area contributed by atoms with Crippen LogP contribution in [0.25, 0.3) is 0 Å². The Bertz CT molecular complexity index is 1200. The van der Waals surface area contributed by atoms with Crippen LogP contribution in [0.2, 0.25) is 0 Å². The lowest BCUT2D eigenvalue weighted by Crippen LogP contribution is -2.47. The van der Waals surface area contributed by atoms with E-state index in [1.54, 1.807) is 25.1 Å². The smallest absolute Gasteiger partial charge is 0.459 e. The van der Waals surface area contributed by atoms with E-state index in [0.29, 0.717) is 6.20 Å². The quantitative estimate of drug-likeness (QED) is 0.312. The third-order valence-electron chi connectivity index (χ3n) is 5.02. The summed E-state index contributed by atoms with van der Waals surface area (Å²) in [4.78, 5) is 37.4. The maximum atomic E-state index is 13.7. The van der Waals surface area contributed by atoms with Crippen LogP contribution in [0.1, 0.15) is 33.4 Å². The van der Waals surface area contributed by atoms with Gasteiger partial charge in [-0.3, -0.25) is 23.7 Å². The second-order valence-electron chi connectivity index (χ2n) is 8.23. The van der Waals surface area contributed by atoms with Crippen molar-refractivity contribution in [2.45, 2.75) is 51.2 Å². The Kier molecular flexibility index (Phi) is 8.29. The molecule has 4 atom stereocenters. The summed E-state index contributed by atoms with van der Waals surface area (Å²) in [6.07, 6.45) is -2.86. The van der Waals surface area contributed by atoms with E-state index in [-0.39, 0.29) is 18.8 Å². The Balaban J connectivity index is 1.77. The number of aromatic amines is 1. The number of aliphatic hydroxyl groups excluding tert-OH is 1. The first-order valence-electron chi connectivity index (χ1n) is 10.7. The number of ether oxygens (including phenoxy) is 2. The fourth-order valence-corrected chi connectivity index (χ4v) is 4.96. The summed E-state index contributed by atoms with van der Waals surface area (Å²) < 4.78 is 49.7. The van der Waals surface area contributed by atoms with Gasteiger partial charge in [0.2, 0.25) is 5.82 Å². The molecule has 3 N–H and O–H groups in total. The van der Waals surface area contributed by atoms with Crippen LogP contribution >= 0.6 is 7.75 Å². The van der Waals surface area contributed by atoms with Gasteiger partial charge in [0, 0.05) is 6.42 Å². The number of rotatable bonds is 10. The number of aromatic nitrogens is 2. The van der Waals surface area contributed by atoms with E-state index in [9.17, 15) is 28.4 Å². The van der Waals surface area contributed by atoms with E-state index in [0.717, 1.165) is 4.57 Å². The Morgan fingerprint density at radius 3 is 2.69 bits per heavy atom. The first kappa shape index (κ1) is 26.8. The molecule has 0 amide bonds. The highest BCUT2D eigenvalue weighted by molar-refractivity contribution is 7.52. The molecule has 1 aliphatic rings. The number of aliphatic hydroxyl groups is 1. The van der Waals surface area contributed by atoms with E-state index < -0.39 is 61.4 Å². The Hall–Kier alpha value is -2.83. The maximum Gasteiger partial charge on any atom is 0.459 e. The predicted molar refractivity (Wildman–Crippen MR) is 120 cm³/mol. The lowest BCUT2D eigenvalue weighted by Gasteiger charge is -2.29. The van der Waals surface area contributed by atoms with E-state index in [1.165, 1.54) is 26.0 Å². The van der Waals surface area contributed by atoms with Crippen LogP contribution in [0.5, 0.6) is 5.75 Å². The summed E-state index contributed by atoms with van der Waals surface area (Å²) in [5.41, 5.74) is -3.58. The van der Waals surface area contributed by atoms with Gasteiger partial charge in [0.15, 0.2) is 0 Å². The van der Waals surface area contributed by atoms with Crippen LogP contribution in [0, 0.1) is 5.82 Å². The SMILES string of the molecule is CCOC(=O)C(C)(C)NP(=O)(OC[C@H]1O[C@@H](n2cc(F)c(=O)[nH]c2=O)C[C@@H]1O)Oc1ccccc1. The van der Waals surface area contributed by atoms with Crippen LogP contribution in [0.15, 0.2) is 46.1 Å². The van der Waals surface area contributed by atoms with E-state index in [1.807, 2.05) is 4.98 Å². The third kappa shape index (κ3) is 6.65. The summed E-state index contributed by atoms with van der Waals surface area (Å²) in [6, 6.07) is 8.07.